The fourth-order valence-electron chi connectivity index (χ4n) is 0.596. The smallest absolute Gasteiger partial charge is 0.195 e. The lowest BCUT2D eigenvalue weighted by molar-refractivity contribution is 0.0997. The second-order valence-electron chi connectivity index (χ2n) is 1.88. The van der Waals surface area contributed by atoms with Gasteiger partial charge in [-0.1, -0.05) is 0 Å². The highest BCUT2D eigenvalue weighted by atomic mass is 32.1. The van der Waals surface area contributed by atoms with Crippen molar-refractivity contribution in [1.82, 2.24) is 4.98 Å². The summed E-state index contributed by atoms with van der Waals surface area (Å²) in [6, 6.07) is 0. The van der Waals surface area contributed by atoms with Crippen molar-refractivity contribution in [2.45, 2.75) is 6.92 Å². The van der Waals surface area contributed by atoms with Gasteiger partial charge in [-0.15, -0.1) is 11.3 Å². The van der Waals surface area contributed by atoms with Crippen LogP contribution in [0.2, 0.25) is 0 Å². The summed E-state index contributed by atoms with van der Waals surface area (Å²) < 4.78 is 0. The van der Waals surface area contributed by atoms with Crippen molar-refractivity contribution in [2.24, 2.45) is 5.73 Å². The molecule has 54 valence electrons. The Hall–Kier alpha value is -0.740. The minimum Gasteiger partial charge on any atom is -0.324 e. The van der Waals surface area contributed by atoms with Crippen LogP contribution in [0.4, 0.5) is 0 Å². The van der Waals surface area contributed by atoms with Crippen LogP contribution in [0.1, 0.15) is 15.5 Å². The summed E-state index contributed by atoms with van der Waals surface area (Å²) in [7, 11) is 0. The number of nitrogens with zero attached hydrogens (tertiary/aromatic N) is 1. The van der Waals surface area contributed by atoms with E-state index >= 15 is 0 Å². The summed E-state index contributed by atoms with van der Waals surface area (Å²) in [5, 5.41) is 2.63. The SMILES string of the molecule is Cc1nc(C(=O)CN)cs1. The molecule has 10 heavy (non-hydrogen) atoms. The summed E-state index contributed by atoms with van der Waals surface area (Å²) in [6.45, 7) is 1.90. The van der Waals surface area contributed by atoms with Gasteiger partial charge in [-0.2, -0.15) is 0 Å². The molecule has 3 nitrogen and oxygen atoms in total. The zero-order valence-corrected chi connectivity index (χ0v) is 6.44. The maximum Gasteiger partial charge on any atom is 0.195 e. The van der Waals surface area contributed by atoms with E-state index in [-0.39, 0.29) is 12.3 Å². The van der Waals surface area contributed by atoms with Gasteiger partial charge in [-0.3, -0.25) is 4.79 Å². The highest BCUT2D eigenvalue weighted by Gasteiger charge is 2.05. The monoisotopic (exact) mass is 156 g/mol. The highest BCUT2D eigenvalue weighted by molar-refractivity contribution is 7.09. The van der Waals surface area contributed by atoms with Crippen LogP contribution in [0.15, 0.2) is 5.38 Å². The Kier molecular flexibility index (Phi) is 2.13. The van der Waals surface area contributed by atoms with Gasteiger partial charge in [0.1, 0.15) is 5.69 Å². The van der Waals surface area contributed by atoms with Gasteiger partial charge in [0.2, 0.25) is 0 Å². The molecule has 1 aromatic heterocycles. The first kappa shape index (κ1) is 7.37. The molecule has 1 heterocycles. The lowest BCUT2D eigenvalue weighted by Gasteiger charge is -1.86. The van der Waals surface area contributed by atoms with Gasteiger partial charge in [-0.25, -0.2) is 4.98 Å². The van der Waals surface area contributed by atoms with Crippen LogP contribution in [-0.4, -0.2) is 17.3 Å². The number of hydrogen-bond donors (Lipinski definition) is 1. The van der Waals surface area contributed by atoms with E-state index in [0.717, 1.165) is 5.01 Å². The van der Waals surface area contributed by atoms with Crippen molar-refractivity contribution in [1.29, 1.82) is 0 Å². The summed E-state index contributed by atoms with van der Waals surface area (Å²) in [6.07, 6.45) is 0. The summed E-state index contributed by atoms with van der Waals surface area (Å²) in [5.74, 6) is -0.0932. The van der Waals surface area contributed by atoms with E-state index in [1.807, 2.05) is 6.92 Å². The number of nitrogens with two attached hydrogens (primary N) is 1. The second kappa shape index (κ2) is 2.90. The molecule has 0 aromatic carbocycles. The third-order valence-electron chi connectivity index (χ3n) is 1.09. The van der Waals surface area contributed by atoms with E-state index in [4.69, 9.17) is 5.73 Å². The quantitative estimate of drug-likeness (QED) is 0.638. The van der Waals surface area contributed by atoms with Crippen molar-refractivity contribution in [2.75, 3.05) is 6.54 Å². The van der Waals surface area contributed by atoms with Crippen LogP contribution in [0.5, 0.6) is 0 Å². The third kappa shape index (κ3) is 1.40. The normalized spacial score (nSPS) is 9.80. The first-order valence-corrected chi connectivity index (χ1v) is 3.77. The van der Waals surface area contributed by atoms with Gasteiger partial charge in [0.15, 0.2) is 5.78 Å². The Bertz CT molecular complexity index is 244. The molecule has 0 spiro atoms. The molecule has 0 saturated heterocycles. The molecule has 0 bridgehead atoms. The van der Waals surface area contributed by atoms with Gasteiger partial charge in [0.25, 0.3) is 0 Å². The van der Waals surface area contributed by atoms with Crippen molar-refractivity contribution in [3.05, 3.63) is 16.1 Å². The first-order chi connectivity index (χ1) is 4.74. The van der Waals surface area contributed by atoms with Crippen LogP contribution in [0, 0.1) is 6.92 Å². The number of Topliss-reactive ketones (excluding diaryl/α,β-unsaturated/α-hetero) is 1. The summed E-state index contributed by atoms with van der Waals surface area (Å²) >= 11 is 1.46. The molecule has 0 atom stereocenters. The van der Waals surface area contributed by atoms with Gasteiger partial charge < -0.3 is 5.73 Å². The average Bonchev–Trinajstić information content (AvgIpc) is 2.34. The third-order valence-corrected chi connectivity index (χ3v) is 1.86. The number of carbonyl (C=O) groups is 1. The molecule has 0 aliphatic rings. The van der Waals surface area contributed by atoms with Gasteiger partial charge >= 0.3 is 0 Å². The van der Waals surface area contributed by atoms with E-state index in [9.17, 15) is 4.79 Å². The van der Waals surface area contributed by atoms with Crippen molar-refractivity contribution in [3.8, 4) is 0 Å². The Morgan fingerprint density at radius 1 is 1.90 bits per heavy atom. The highest BCUT2D eigenvalue weighted by Crippen LogP contribution is 2.07. The van der Waals surface area contributed by atoms with Crippen LogP contribution in [0.3, 0.4) is 0 Å². The van der Waals surface area contributed by atoms with E-state index in [1.54, 1.807) is 5.38 Å². The molecular formula is C6H8N2OS. The van der Waals surface area contributed by atoms with Crippen LogP contribution in [0.25, 0.3) is 0 Å². The van der Waals surface area contributed by atoms with Gasteiger partial charge in [-0.05, 0) is 6.92 Å². The second-order valence-corrected chi connectivity index (χ2v) is 2.94. The first-order valence-electron chi connectivity index (χ1n) is 2.89. The predicted octanol–water partition coefficient (Wildman–Crippen LogP) is 0.593. The molecule has 0 radical (unpaired) electrons. The number of aromatic nitrogens is 1. The van der Waals surface area contributed by atoms with Crippen molar-refractivity contribution >= 4 is 17.1 Å². The minimum atomic E-state index is -0.0932. The number of aryl methyl sites for hydroxylation is 1. The van der Waals surface area contributed by atoms with Crippen LogP contribution < -0.4 is 5.73 Å². The Balaban J connectivity index is 2.85. The van der Waals surface area contributed by atoms with E-state index in [0.29, 0.717) is 5.69 Å². The van der Waals surface area contributed by atoms with E-state index < -0.39 is 0 Å². The number of rotatable bonds is 2. The van der Waals surface area contributed by atoms with Gasteiger partial charge in [0.05, 0.1) is 11.6 Å². The Morgan fingerprint density at radius 3 is 3.00 bits per heavy atom. The molecule has 1 rings (SSSR count). The average molecular weight is 156 g/mol. The van der Waals surface area contributed by atoms with E-state index in [2.05, 4.69) is 4.98 Å². The zero-order valence-electron chi connectivity index (χ0n) is 5.63. The lowest BCUT2D eigenvalue weighted by atomic mass is 10.3. The molecule has 0 saturated carbocycles. The fourth-order valence-corrected chi connectivity index (χ4v) is 1.21. The van der Waals surface area contributed by atoms with Crippen molar-refractivity contribution < 1.29 is 4.79 Å². The lowest BCUT2D eigenvalue weighted by Crippen LogP contribution is -2.13. The van der Waals surface area contributed by atoms with Crippen LogP contribution >= 0.6 is 11.3 Å². The molecule has 2 N–H and O–H groups in total. The van der Waals surface area contributed by atoms with Crippen molar-refractivity contribution in [3.63, 3.8) is 0 Å². The van der Waals surface area contributed by atoms with Gasteiger partial charge in [0, 0.05) is 5.38 Å². The Morgan fingerprint density at radius 2 is 2.60 bits per heavy atom. The topological polar surface area (TPSA) is 56.0 Å². The number of thiazole rings is 1. The molecular weight excluding hydrogens is 148 g/mol. The number of carbonyl (C=O) groups excluding carboxylic acids is 1. The van der Waals surface area contributed by atoms with Crippen LogP contribution in [-0.2, 0) is 0 Å². The van der Waals surface area contributed by atoms with E-state index in [1.165, 1.54) is 11.3 Å². The zero-order chi connectivity index (χ0) is 7.56. The maximum absolute atomic E-state index is 10.8. The molecule has 0 aliphatic carbocycles. The number of ketones is 1. The predicted molar refractivity (Wildman–Crippen MR) is 40.2 cm³/mol. The summed E-state index contributed by atoms with van der Waals surface area (Å²) in [4.78, 5) is 14.8. The Labute approximate surface area is 62.9 Å². The molecule has 0 aliphatic heterocycles. The fraction of sp³-hybridized carbons (Fsp3) is 0.333. The molecule has 1 aromatic rings. The standard InChI is InChI=1S/C6H8N2OS/c1-4-8-5(3-10-4)6(9)2-7/h3H,2,7H2,1H3. The maximum atomic E-state index is 10.8. The minimum absolute atomic E-state index is 0.0448. The molecule has 0 unspecified atom stereocenters. The molecule has 0 amide bonds. The number of hydrogen-bond acceptors (Lipinski definition) is 4. The molecule has 4 heteroatoms. The molecule has 0 fully saturated rings. The largest absolute Gasteiger partial charge is 0.324 e. The summed E-state index contributed by atoms with van der Waals surface area (Å²) in [5.41, 5.74) is 5.62.